The SMILES string of the molecule is Cc1cc(F)ccc1NC(=O)CCC1CCCN(C(=O)C2=CCCC2)C1. The lowest BCUT2D eigenvalue weighted by molar-refractivity contribution is -0.129. The molecule has 1 fully saturated rings. The molecule has 1 aliphatic carbocycles. The molecule has 140 valence electrons. The second-order valence-electron chi connectivity index (χ2n) is 7.43. The third kappa shape index (κ3) is 4.71. The highest BCUT2D eigenvalue weighted by Crippen LogP contribution is 2.26. The standard InChI is InChI=1S/C21H27FN2O2/c1-15-13-18(22)9-10-19(15)23-20(25)11-8-16-5-4-12-24(14-16)21(26)17-6-2-3-7-17/h6,9-10,13,16H,2-5,7-8,11-12,14H2,1H3,(H,23,25). The first-order valence-corrected chi connectivity index (χ1v) is 9.57. The summed E-state index contributed by atoms with van der Waals surface area (Å²) in [5.41, 5.74) is 2.35. The average molecular weight is 358 g/mol. The number of rotatable bonds is 5. The van der Waals surface area contributed by atoms with E-state index in [1.807, 2.05) is 4.90 Å². The van der Waals surface area contributed by atoms with Gasteiger partial charge in [-0.3, -0.25) is 9.59 Å². The monoisotopic (exact) mass is 358 g/mol. The first kappa shape index (κ1) is 18.6. The number of benzene rings is 1. The van der Waals surface area contributed by atoms with Crippen molar-refractivity contribution in [2.24, 2.45) is 5.92 Å². The molecule has 2 aliphatic rings. The summed E-state index contributed by atoms with van der Waals surface area (Å²) >= 11 is 0. The van der Waals surface area contributed by atoms with Gasteiger partial charge >= 0.3 is 0 Å². The minimum atomic E-state index is -0.301. The van der Waals surface area contributed by atoms with Crippen molar-refractivity contribution in [3.05, 3.63) is 41.2 Å². The summed E-state index contributed by atoms with van der Waals surface area (Å²) < 4.78 is 13.1. The van der Waals surface area contributed by atoms with Crippen molar-refractivity contribution in [3.63, 3.8) is 0 Å². The fraction of sp³-hybridized carbons (Fsp3) is 0.524. The molecule has 0 radical (unpaired) electrons. The highest BCUT2D eigenvalue weighted by Gasteiger charge is 2.26. The van der Waals surface area contributed by atoms with E-state index in [-0.39, 0.29) is 17.6 Å². The second-order valence-corrected chi connectivity index (χ2v) is 7.43. The van der Waals surface area contributed by atoms with E-state index in [2.05, 4.69) is 11.4 Å². The number of halogens is 1. The largest absolute Gasteiger partial charge is 0.339 e. The highest BCUT2D eigenvalue weighted by atomic mass is 19.1. The molecule has 0 saturated carbocycles. The van der Waals surface area contributed by atoms with E-state index in [0.29, 0.717) is 18.0 Å². The van der Waals surface area contributed by atoms with Gasteiger partial charge in [0.15, 0.2) is 0 Å². The normalized spacial score (nSPS) is 20.0. The van der Waals surface area contributed by atoms with Crippen molar-refractivity contribution in [3.8, 4) is 0 Å². The maximum atomic E-state index is 13.1. The molecule has 1 saturated heterocycles. The number of hydrogen-bond donors (Lipinski definition) is 1. The predicted octanol–water partition coefficient (Wildman–Crippen LogP) is 4.20. The number of piperidine rings is 1. The van der Waals surface area contributed by atoms with Crippen molar-refractivity contribution in [1.82, 2.24) is 4.90 Å². The summed E-state index contributed by atoms with van der Waals surface area (Å²) in [5.74, 6) is 0.208. The summed E-state index contributed by atoms with van der Waals surface area (Å²) in [6, 6.07) is 4.36. The molecule has 5 heteroatoms. The molecular formula is C21H27FN2O2. The van der Waals surface area contributed by atoms with Gasteiger partial charge in [-0.15, -0.1) is 0 Å². The predicted molar refractivity (Wildman–Crippen MR) is 100 cm³/mol. The van der Waals surface area contributed by atoms with E-state index in [9.17, 15) is 14.0 Å². The molecule has 1 atom stereocenters. The highest BCUT2D eigenvalue weighted by molar-refractivity contribution is 5.94. The molecule has 1 heterocycles. The number of allylic oxidation sites excluding steroid dienone is 1. The first-order valence-electron chi connectivity index (χ1n) is 9.57. The van der Waals surface area contributed by atoms with Crippen LogP contribution in [0.15, 0.2) is 29.8 Å². The minimum Gasteiger partial charge on any atom is -0.339 e. The molecule has 1 unspecified atom stereocenters. The van der Waals surface area contributed by atoms with Crippen molar-refractivity contribution in [2.45, 2.75) is 51.9 Å². The number of carbonyl (C=O) groups is 2. The molecule has 0 spiro atoms. The average Bonchev–Trinajstić information content (AvgIpc) is 3.17. The van der Waals surface area contributed by atoms with Gasteiger partial charge in [0.25, 0.3) is 0 Å². The molecule has 1 aliphatic heterocycles. The topological polar surface area (TPSA) is 49.4 Å². The number of anilines is 1. The van der Waals surface area contributed by atoms with Gasteiger partial charge in [0.05, 0.1) is 0 Å². The summed E-state index contributed by atoms with van der Waals surface area (Å²) in [5, 5.41) is 2.86. The lowest BCUT2D eigenvalue weighted by Crippen LogP contribution is -2.40. The van der Waals surface area contributed by atoms with Crippen LogP contribution in [0, 0.1) is 18.7 Å². The maximum Gasteiger partial charge on any atom is 0.249 e. The number of likely N-dealkylation sites (tertiary alicyclic amines) is 1. The van der Waals surface area contributed by atoms with Crippen molar-refractivity contribution in [2.75, 3.05) is 18.4 Å². The van der Waals surface area contributed by atoms with Crippen LogP contribution in [-0.2, 0) is 9.59 Å². The van der Waals surface area contributed by atoms with E-state index in [0.717, 1.165) is 62.8 Å². The third-order valence-corrected chi connectivity index (χ3v) is 5.36. The molecule has 1 aromatic rings. The van der Waals surface area contributed by atoms with Gasteiger partial charge in [0, 0.05) is 30.8 Å². The van der Waals surface area contributed by atoms with Crippen LogP contribution in [0.25, 0.3) is 0 Å². The van der Waals surface area contributed by atoms with Crippen LogP contribution in [0.4, 0.5) is 10.1 Å². The Kier molecular flexibility index (Phi) is 6.07. The van der Waals surface area contributed by atoms with Gasteiger partial charge in [-0.25, -0.2) is 4.39 Å². The number of amides is 2. The van der Waals surface area contributed by atoms with E-state index >= 15 is 0 Å². The van der Waals surface area contributed by atoms with Crippen LogP contribution in [0.3, 0.4) is 0 Å². The molecule has 1 N–H and O–H groups in total. The van der Waals surface area contributed by atoms with Gasteiger partial charge in [-0.2, -0.15) is 0 Å². The summed E-state index contributed by atoms with van der Waals surface area (Å²) in [4.78, 5) is 26.7. The zero-order valence-electron chi connectivity index (χ0n) is 15.4. The van der Waals surface area contributed by atoms with Crippen LogP contribution >= 0.6 is 0 Å². The number of aryl methyl sites for hydroxylation is 1. The minimum absolute atomic E-state index is 0.0540. The molecule has 0 bridgehead atoms. The molecule has 4 nitrogen and oxygen atoms in total. The third-order valence-electron chi connectivity index (χ3n) is 5.36. The van der Waals surface area contributed by atoms with Gasteiger partial charge in [0.2, 0.25) is 11.8 Å². The van der Waals surface area contributed by atoms with E-state index in [1.54, 1.807) is 13.0 Å². The van der Waals surface area contributed by atoms with E-state index in [4.69, 9.17) is 0 Å². The summed E-state index contributed by atoms with van der Waals surface area (Å²) in [6.45, 7) is 3.35. The Morgan fingerprint density at radius 1 is 1.31 bits per heavy atom. The molecule has 26 heavy (non-hydrogen) atoms. The smallest absolute Gasteiger partial charge is 0.249 e. The fourth-order valence-electron chi connectivity index (χ4n) is 3.87. The number of nitrogens with zero attached hydrogens (tertiary/aromatic N) is 1. The van der Waals surface area contributed by atoms with Crippen LogP contribution in [0.5, 0.6) is 0 Å². The summed E-state index contributed by atoms with van der Waals surface area (Å²) in [7, 11) is 0. The van der Waals surface area contributed by atoms with Gasteiger partial charge in [-0.05, 0) is 75.1 Å². The van der Waals surface area contributed by atoms with Crippen LogP contribution in [-0.4, -0.2) is 29.8 Å². The molecule has 3 rings (SSSR count). The van der Waals surface area contributed by atoms with Crippen LogP contribution in [0.1, 0.15) is 50.5 Å². The Morgan fingerprint density at radius 2 is 2.15 bits per heavy atom. The molecular weight excluding hydrogens is 331 g/mol. The fourth-order valence-corrected chi connectivity index (χ4v) is 3.87. The molecule has 0 aromatic heterocycles. The number of nitrogens with one attached hydrogen (secondary N) is 1. The van der Waals surface area contributed by atoms with Crippen molar-refractivity contribution in [1.29, 1.82) is 0 Å². The first-order chi connectivity index (χ1) is 12.5. The lowest BCUT2D eigenvalue weighted by atomic mass is 9.92. The Morgan fingerprint density at radius 3 is 2.88 bits per heavy atom. The zero-order valence-corrected chi connectivity index (χ0v) is 15.4. The number of carbonyl (C=O) groups excluding carboxylic acids is 2. The maximum absolute atomic E-state index is 13.1. The second kappa shape index (κ2) is 8.47. The van der Waals surface area contributed by atoms with Crippen molar-refractivity contribution >= 4 is 17.5 Å². The van der Waals surface area contributed by atoms with Crippen LogP contribution in [0.2, 0.25) is 0 Å². The van der Waals surface area contributed by atoms with E-state index < -0.39 is 0 Å². The number of hydrogen-bond acceptors (Lipinski definition) is 2. The Hall–Kier alpha value is -2.17. The Labute approximate surface area is 154 Å². The van der Waals surface area contributed by atoms with E-state index in [1.165, 1.54) is 12.1 Å². The van der Waals surface area contributed by atoms with Gasteiger partial charge in [0.1, 0.15) is 5.82 Å². The Balaban J connectivity index is 1.47. The molecule has 2 amide bonds. The zero-order chi connectivity index (χ0) is 18.5. The molecule has 1 aromatic carbocycles. The summed E-state index contributed by atoms with van der Waals surface area (Å²) in [6.07, 6.45) is 8.33. The van der Waals surface area contributed by atoms with Gasteiger partial charge in [-0.1, -0.05) is 6.08 Å². The van der Waals surface area contributed by atoms with Crippen LogP contribution < -0.4 is 5.32 Å². The van der Waals surface area contributed by atoms with Gasteiger partial charge < -0.3 is 10.2 Å². The quantitative estimate of drug-likeness (QED) is 0.857. The van der Waals surface area contributed by atoms with Crippen molar-refractivity contribution < 1.29 is 14.0 Å². The lowest BCUT2D eigenvalue weighted by Gasteiger charge is -2.33. The Bertz CT molecular complexity index is 714.